The fourth-order valence-corrected chi connectivity index (χ4v) is 3.85. The quantitative estimate of drug-likeness (QED) is 0.692. The third-order valence-corrected chi connectivity index (χ3v) is 6.29. The Morgan fingerprint density at radius 2 is 2.03 bits per heavy atom. The number of benzene rings is 1. The third kappa shape index (κ3) is 5.00. The lowest BCUT2D eigenvalue weighted by atomic mass is 10.1. The zero-order chi connectivity index (χ0) is 21.8. The van der Waals surface area contributed by atoms with Crippen LogP contribution in [0.2, 0.25) is 0 Å². The van der Waals surface area contributed by atoms with E-state index in [-0.39, 0.29) is 17.9 Å². The molecule has 164 valence electrons. The summed E-state index contributed by atoms with van der Waals surface area (Å²) in [7, 11) is 0. The molecule has 0 saturated carbocycles. The molecule has 1 aromatic carbocycles. The number of hydrogen-bond donors (Lipinski definition) is 1. The van der Waals surface area contributed by atoms with Gasteiger partial charge in [0.05, 0.1) is 29.5 Å². The van der Waals surface area contributed by atoms with Crippen LogP contribution in [0.3, 0.4) is 0 Å². The fraction of sp³-hybridized carbons (Fsp3) is 0.571. The van der Waals surface area contributed by atoms with Crippen molar-refractivity contribution < 1.29 is 18.7 Å². The van der Waals surface area contributed by atoms with Crippen LogP contribution < -0.4 is 15.1 Å². The molecule has 0 aliphatic carbocycles. The van der Waals surface area contributed by atoms with Gasteiger partial charge in [-0.25, -0.2) is 9.18 Å². The number of halogens is 1. The third-order valence-electron chi connectivity index (χ3n) is 5.75. The van der Waals surface area contributed by atoms with Gasteiger partial charge < -0.3 is 19.9 Å². The molecule has 1 N–H and O–H groups in total. The molecule has 0 spiro atoms. The van der Waals surface area contributed by atoms with E-state index in [2.05, 4.69) is 12.2 Å². The molecule has 2 fully saturated rings. The topological polar surface area (TPSA) is 65.1 Å². The summed E-state index contributed by atoms with van der Waals surface area (Å²) in [5.41, 5.74) is 0.947. The van der Waals surface area contributed by atoms with E-state index in [0.29, 0.717) is 50.6 Å². The summed E-state index contributed by atoms with van der Waals surface area (Å²) in [5.74, 6) is -0.0877. The van der Waals surface area contributed by atoms with E-state index >= 15 is 0 Å². The number of piperazine rings is 1. The monoisotopic (exact) mass is 436 g/mol. The Morgan fingerprint density at radius 1 is 1.33 bits per heavy atom. The summed E-state index contributed by atoms with van der Waals surface area (Å²) in [5, 5.41) is 3.16. The van der Waals surface area contributed by atoms with Crippen LogP contribution >= 0.6 is 12.2 Å². The molecule has 7 nitrogen and oxygen atoms in total. The maximum atomic E-state index is 14.8. The molecule has 30 heavy (non-hydrogen) atoms. The molecule has 0 aromatic heterocycles. The standard InChI is InChI=1S/C21H29FN4O3S/c1-4-14(2)20(30)23-12-17-13-26(21(28)29-17)16-5-6-19(18(22)11-16)25-9-7-24(8-10-25)15(3)27/h5-6,11,14,17H,4,7-10,12-13H2,1-3H3,(H,23,30). The van der Waals surface area contributed by atoms with Crippen molar-refractivity contribution in [1.29, 1.82) is 0 Å². The summed E-state index contributed by atoms with van der Waals surface area (Å²) in [4.78, 5) is 29.6. The highest BCUT2D eigenvalue weighted by molar-refractivity contribution is 7.80. The molecule has 1 aromatic rings. The molecule has 3 rings (SSSR count). The number of carbonyl (C=O) groups excluding carboxylic acids is 2. The largest absolute Gasteiger partial charge is 0.442 e. The average molecular weight is 437 g/mol. The Morgan fingerprint density at radius 3 is 2.63 bits per heavy atom. The van der Waals surface area contributed by atoms with Crippen molar-refractivity contribution in [2.75, 3.05) is 49.1 Å². The molecule has 2 aliphatic rings. The predicted molar refractivity (Wildman–Crippen MR) is 119 cm³/mol. The Hall–Kier alpha value is -2.42. The minimum Gasteiger partial charge on any atom is -0.442 e. The molecule has 2 heterocycles. The normalized spacial score (nSPS) is 20.2. The molecule has 2 aliphatic heterocycles. The second kappa shape index (κ2) is 9.59. The number of ether oxygens (including phenoxy) is 1. The number of anilines is 2. The molecule has 0 bridgehead atoms. The number of nitrogens with zero attached hydrogens (tertiary/aromatic N) is 3. The maximum absolute atomic E-state index is 14.8. The average Bonchev–Trinajstić information content (AvgIpc) is 3.11. The van der Waals surface area contributed by atoms with Gasteiger partial charge in [-0.15, -0.1) is 0 Å². The van der Waals surface area contributed by atoms with Gasteiger partial charge in [0.1, 0.15) is 11.9 Å². The highest BCUT2D eigenvalue weighted by atomic mass is 32.1. The number of cyclic esters (lactones) is 1. The number of hydrogen-bond acceptors (Lipinski definition) is 5. The van der Waals surface area contributed by atoms with Crippen LogP contribution in [-0.4, -0.2) is 67.3 Å². The molecule has 2 unspecified atom stereocenters. The molecule has 9 heteroatoms. The number of amides is 2. The van der Waals surface area contributed by atoms with Crippen LogP contribution in [0.1, 0.15) is 27.2 Å². The first-order valence-electron chi connectivity index (χ1n) is 10.4. The summed E-state index contributed by atoms with van der Waals surface area (Å²) >= 11 is 5.34. The van der Waals surface area contributed by atoms with E-state index in [9.17, 15) is 14.0 Å². The van der Waals surface area contributed by atoms with Crippen molar-refractivity contribution in [2.45, 2.75) is 33.3 Å². The Balaban J connectivity index is 1.60. The number of nitrogens with one attached hydrogen (secondary N) is 1. The Bertz CT molecular complexity index is 813. The minimum atomic E-state index is -0.488. The lowest BCUT2D eigenvalue weighted by Gasteiger charge is -2.35. The van der Waals surface area contributed by atoms with Gasteiger partial charge in [0.2, 0.25) is 5.91 Å². The predicted octanol–water partition coefficient (Wildman–Crippen LogP) is 2.78. The van der Waals surface area contributed by atoms with E-state index < -0.39 is 11.9 Å². The SMILES string of the molecule is CCC(C)C(=S)NCC1CN(c2ccc(N3CCN(C(C)=O)CC3)c(F)c2)C(=O)O1. The van der Waals surface area contributed by atoms with Gasteiger partial charge in [0.25, 0.3) is 0 Å². The van der Waals surface area contributed by atoms with Gasteiger partial charge in [0, 0.05) is 39.0 Å². The zero-order valence-corrected chi connectivity index (χ0v) is 18.5. The summed E-state index contributed by atoms with van der Waals surface area (Å²) in [6.07, 6.45) is 0.109. The van der Waals surface area contributed by atoms with Crippen LogP contribution in [0.5, 0.6) is 0 Å². The van der Waals surface area contributed by atoms with Crippen molar-refractivity contribution in [3.05, 3.63) is 24.0 Å². The second-order valence-corrected chi connectivity index (χ2v) is 8.24. The van der Waals surface area contributed by atoms with Crippen LogP contribution in [0.4, 0.5) is 20.6 Å². The van der Waals surface area contributed by atoms with Gasteiger partial charge in [-0.1, -0.05) is 26.1 Å². The molecule has 0 radical (unpaired) electrons. The first-order valence-corrected chi connectivity index (χ1v) is 10.8. The highest BCUT2D eigenvalue weighted by Crippen LogP contribution is 2.28. The van der Waals surface area contributed by atoms with E-state index in [1.807, 2.05) is 11.8 Å². The van der Waals surface area contributed by atoms with Crippen molar-refractivity contribution in [3.8, 4) is 0 Å². The van der Waals surface area contributed by atoms with Gasteiger partial charge in [-0.05, 0) is 24.6 Å². The summed E-state index contributed by atoms with van der Waals surface area (Å²) < 4.78 is 20.2. The van der Waals surface area contributed by atoms with E-state index in [1.54, 1.807) is 24.0 Å². The fourth-order valence-electron chi connectivity index (χ4n) is 3.60. The highest BCUT2D eigenvalue weighted by Gasteiger charge is 2.33. The van der Waals surface area contributed by atoms with Crippen LogP contribution in [0.15, 0.2) is 18.2 Å². The van der Waals surface area contributed by atoms with E-state index in [1.165, 1.54) is 11.0 Å². The lowest BCUT2D eigenvalue weighted by Crippen LogP contribution is -2.48. The molecule has 2 saturated heterocycles. The van der Waals surface area contributed by atoms with Crippen LogP contribution in [0.25, 0.3) is 0 Å². The number of rotatable bonds is 6. The Kier molecular flexibility index (Phi) is 7.12. The molecular weight excluding hydrogens is 407 g/mol. The van der Waals surface area contributed by atoms with Crippen LogP contribution in [0, 0.1) is 11.7 Å². The smallest absolute Gasteiger partial charge is 0.414 e. The number of carbonyl (C=O) groups is 2. The van der Waals surface area contributed by atoms with Gasteiger partial charge in [-0.3, -0.25) is 9.69 Å². The van der Waals surface area contributed by atoms with Crippen molar-refractivity contribution in [3.63, 3.8) is 0 Å². The van der Waals surface area contributed by atoms with Gasteiger partial charge in [-0.2, -0.15) is 0 Å². The molecular formula is C21H29FN4O3S. The molecule has 2 amide bonds. The first kappa shape index (κ1) is 22.3. The van der Waals surface area contributed by atoms with Gasteiger partial charge in [0.15, 0.2) is 0 Å². The maximum Gasteiger partial charge on any atom is 0.414 e. The minimum absolute atomic E-state index is 0.0342. The summed E-state index contributed by atoms with van der Waals surface area (Å²) in [6, 6.07) is 4.79. The van der Waals surface area contributed by atoms with Crippen molar-refractivity contribution >= 4 is 40.6 Å². The second-order valence-electron chi connectivity index (χ2n) is 7.80. The van der Waals surface area contributed by atoms with Crippen molar-refractivity contribution in [1.82, 2.24) is 10.2 Å². The van der Waals surface area contributed by atoms with Crippen molar-refractivity contribution in [2.24, 2.45) is 5.92 Å². The first-order chi connectivity index (χ1) is 14.3. The summed E-state index contributed by atoms with van der Waals surface area (Å²) in [6.45, 7) is 8.73. The zero-order valence-electron chi connectivity index (χ0n) is 17.7. The lowest BCUT2D eigenvalue weighted by molar-refractivity contribution is -0.129. The van der Waals surface area contributed by atoms with Crippen LogP contribution in [-0.2, 0) is 9.53 Å². The Labute approximate surface area is 182 Å². The van der Waals surface area contributed by atoms with E-state index in [0.717, 1.165) is 11.4 Å². The van der Waals surface area contributed by atoms with E-state index in [4.69, 9.17) is 17.0 Å². The van der Waals surface area contributed by atoms with Gasteiger partial charge >= 0.3 is 6.09 Å². The number of thiocarbonyl (C=S) groups is 1. The molecule has 2 atom stereocenters.